The summed E-state index contributed by atoms with van der Waals surface area (Å²) in [5.74, 6) is 0.794. The van der Waals surface area contributed by atoms with Gasteiger partial charge in [-0.15, -0.1) is 0 Å². The number of hydrogen-bond donors (Lipinski definition) is 1. The molecular formula is C14H20N4O2. The van der Waals surface area contributed by atoms with Crippen molar-refractivity contribution in [2.75, 3.05) is 13.2 Å². The van der Waals surface area contributed by atoms with Gasteiger partial charge in [-0.1, -0.05) is 18.1 Å². The minimum absolute atomic E-state index is 0.348. The molecule has 0 bridgehead atoms. The standard InChI is InChI=1S/C14H20N4O2/c1-4-8-19-9-14(3,15)13-17-12(20-18-13)11-7-5-6-10(2)16-11/h5-7H,4,8-9,15H2,1-3H3. The summed E-state index contributed by atoms with van der Waals surface area (Å²) in [6.07, 6.45) is 0.945. The Morgan fingerprint density at radius 1 is 1.35 bits per heavy atom. The molecule has 6 heteroatoms. The third-order valence-corrected chi connectivity index (χ3v) is 2.79. The Morgan fingerprint density at radius 2 is 2.15 bits per heavy atom. The molecule has 0 radical (unpaired) electrons. The van der Waals surface area contributed by atoms with E-state index < -0.39 is 5.54 Å². The van der Waals surface area contributed by atoms with E-state index in [0.717, 1.165) is 12.1 Å². The SMILES string of the molecule is CCCOCC(C)(N)c1noc(-c2cccc(C)n2)n1. The van der Waals surface area contributed by atoms with Gasteiger partial charge in [-0.05, 0) is 32.4 Å². The maximum absolute atomic E-state index is 6.17. The largest absolute Gasteiger partial charge is 0.379 e. The molecular weight excluding hydrogens is 256 g/mol. The highest BCUT2D eigenvalue weighted by Gasteiger charge is 2.28. The van der Waals surface area contributed by atoms with Gasteiger partial charge in [-0.25, -0.2) is 4.98 Å². The van der Waals surface area contributed by atoms with E-state index in [-0.39, 0.29) is 0 Å². The minimum Gasteiger partial charge on any atom is -0.379 e. The molecule has 0 aliphatic carbocycles. The van der Waals surface area contributed by atoms with E-state index in [1.165, 1.54) is 0 Å². The second kappa shape index (κ2) is 6.11. The molecule has 108 valence electrons. The van der Waals surface area contributed by atoms with E-state index in [1.54, 1.807) is 0 Å². The number of nitrogens with zero attached hydrogens (tertiary/aromatic N) is 3. The molecule has 20 heavy (non-hydrogen) atoms. The van der Waals surface area contributed by atoms with Crippen LogP contribution in [0.1, 0.15) is 31.8 Å². The van der Waals surface area contributed by atoms with Crippen LogP contribution in [0.2, 0.25) is 0 Å². The number of pyridine rings is 1. The summed E-state index contributed by atoms with van der Waals surface area (Å²) < 4.78 is 10.7. The summed E-state index contributed by atoms with van der Waals surface area (Å²) in [5, 5.41) is 3.94. The summed E-state index contributed by atoms with van der Waals surface area (Å²) in [7, 11) is 0. The highest BCUT2D eigenvalue weighted by atomic mass is 16.5. The lowest BCUT2D eigenvalue weighted by atomic mass is 10.1. The Kier molecular flexibility index (Phi) is 4.46. The van der Waals surface area contributed by atoms with E-state index in [2.05, 4.69) is 15.1 Å². The summed E-state index contributed by atoms with van der Waals surface area (Å²) >= 11 is 0. The van der Waals surface area contributed by atoms with Crippen molar-refractivity contribution in [1.29, 1.82) is 0 Å². The van der Waals surface area contributed by atoms with Gasteiger partial charge in [0.05, 0.1) is 6.61 Å². The average molecular weight is 276 g/mol. The third-order valence-electron chi connectivity index (χ3n) is 2.79. The number of nitrogens with two attached hydrogens (primary N) is 1. The van der Waals surface area contributed by atoms with Gasteiger partial charge in [-0.2, -0.15) is 4.98 Å². The lowest BCUT2D eigenvalue weighted by Crippen LogP contribution is -2.39. The van der Waals surface area contributed by atoms with E-state index in [4.69, 9.17) is 15.0 Å². The van der Waals surface area contributed by atoms with Gasteiger partial charge in [0.2, 0.25) is 0 Å². The normalized spacial score (nSPS) is 14.2. The van der Waals surface area contributed by atoms with Gasteiger partial charge >= 0.3 is 0 Å². The molecule has 2 rings (SSSR count). The fourth-order valence-electron chi connectivity index (χ4n) is 1.71. The summed E-state index contributed by atoms with van der Waals surface area (Å²) in [5.41, 5.74) is 6.93. The molecule has 1 unspecified atom stereocenters. The second-order valence-electron chi connectivity index (χ2n) is 5.06. The molecule has 2 N–H and O–H groups in total. The fourth-order valence-corrected chi connectivity index (χ4v) is 1.71. The van der Waals surface area contributed by atoms with Crippen molar-refractivity contribution in [3.05, 3.63) is 29.7 Å². The lowest BCUT2D eigenvalue weighted by molar-refractivity contribution is 0.0867. The Bertz CT molecular complexity index is 566. The van der Waals surface area contributed by atoms with Crippen LogP contribution in [0.25, 0.3) is 11.6 Å². The average Bonchev–Trinajstić information content (AvgIpc) is 2.89. The molecule has 2 aromatic rings. The molecule has 0 spiro atoms. The predicted octanol–water partition coefficient (Wildman–Crippen LogP) is 2.04. The van der Waals surface area contributed by atoms with Crippen LogP contribution in [0.3, 0.4) is 0 Å². The smallest absolute Gasteiger partial charge is 0.276 e. The summed E-state index contributed by atoms with van der Waals surface area (Å²) in [4.78, 5) is 8.67. The molecule has 0 amide bonds. The zero-order valence-electron chi connectivity index (χ0n) is 12.1. The van der Waals surface area contributed by atoms with Crippen molar-refractivity contribution in [2.45, 2.75) is 32.7 Å². The number of hydrogen-bond acceptors (Lipinski definition) is 6. The van der Waals surface area contributed by atoms with E-state index in [9.17, 15) is 0 Å². The maximum atomic E-state index is 6.17. The lowest BCUT2D eigenvalue weighted by Gasteiger charge is -2.19. The number of aromatic nitrogens is 3. The van der Waals surface area contributed by atoms with Crippen LogP contribution in [0.5, 0.6) is 0 Å². The molecule has 0 saturated carbocycles. The number of rotatable bonds is 6. The van der Waals surface area contributed by atoms with Crippen molar-refractivity contribution < 1.29 is 9.26 Å². The predicted molar refractivity (Wildman–Crippen MR) is 74.9 cm³/mol. The van der Waals surface area contributed by atoms with Crippen molar-refractivity contribution in [3.8, 4) is 11.6 Å². The third kappa shape index (κ3) is 3.40. The molecule has 0 aromatic carbocycles. The van der Waals surface area contributed by atoms with Crippen LogP contribution in [-0.2, 0) is 10.3 Å². The first-order chi connectivity index (χ1) is 9.53. The molecule has 0 aliphatic heterocycles. The molecule has 1 atom stereocenters. The fraction of sp³-hybridized carbons (Fsp3) is 0.500. The van der Waals surface area contributed by atoms with Gasteiger partial charge in [0.25, 0.3) is 5.89 Å². The molecule has 0 saturated heterocycles. The zero-order chi connectivity index (χ0) is 14.6. The molecule has 2 aromatic heterocycles. The van der Waals surface area contributed by atoms with Crippen LogP contribution in [0, 0.1) is 6.92 Å². The quantitative estimate of drug-likeness (QED) is 0.812. The van der Waals surface area contributed by atoms with Crippen molar-refractivity contribution in [1.82, 2.24) is 15.1 Å². The van der Waals surface area contributed by atoms with Crippen molar-refractivity contribution >= 4 is 0 Å². The van der Waals surface area contributed by atoms with Gasteiger partial charge < -0.3 is 15.0 Å². The highest BCUT2D eigenvalue weighted by Crippen LogP contribution is 2.20. The van der Waals surface area contributed by atoms with E-state index in [0.29, 0.717) is 30.6 Å². The number of ether oxygens (including phenoxy) is 1. The van der Waals surface area contributed by atoms with E-state index in [1.807, 2.05) is 39.0 Å². The number of aryl methyl sites for hydroxylation is 1. The van der Waals surface area contributed by atoms with Crippen molar-refractivity contribution in [3.63, 3.8) is 0 Å². The monoisotopic (exact) mass is 276 g/mol. The Hall–Kier alpha value is -1.79. The first kappa shape index (κ1) is 14.6. The van der Waals surface area contributed by atoms with Crippen molar-refractivity contribution in [2.24, 2.45) is 5.73 Å². The Morgan fingerprint density at radius 3 is 2.85 bits per heavy atom. The second-order valence-corrected chi connectivity index (χ2v) is 5.06. The molecule has 2 heterocycles. The topological polar surface area (TPSA) is 87.1 Å². The van der Waals surface area contributed by atoms with Crippen LogP contribution in [-0.4, -0.2) is 28.3 Å². The van der Waals surface area contributed by atoms with Gasteiger partial charge in [0.15, 0.2) is 5.82 Å². The zero-order valence-corrected chi connectivity index (χ0v) is 12.1. The Labute approximate surface area is 118 Å². The van der Waals surface area contributed by atoms with Gasteiger partial charge in [-0.3, -0.25) is 0 Å². The van der Waals surface area contributed by atoms with E-state index >= 15 is 0 Å². The van der Waals surface area contributed by atoms with Crippen LogP contribution >= 0.6 is 0 Å². The first-order valence-corrected chi connectivity index (χ1v) is 6.68. The summed E-state index contributed by atoms with van der Waals surface area (Å²) in [6.45, 7) is 6.79. The first-order valence-electron chi connectivity index (χ1n) is 6.68. The maximum Gasteiger partial charge on any atom is 0.276 e. The minimum atomic E-state index is -0.777. The highest BCUT2D eigenvalue weighted by molar-refractivity contribution is 5.46. The van der Waals surface area contributed by atoms with Crippen LogP contribution in [0.15, 0.2) is 22.7 Å². The van der Waals surface area contributed by atoms with Crippen LogP contribution < -0.4 is 5.73 Å². The summed E-state index contributed by atoms with van der Waals surface area (Å²) in [6, 6.07) is 5.63. The van der Waals surface area contributed by atoms with Crippen LogP contribution in [0.4, 0.5) is 0 Å². The molecule has 0 fully saturated rings. The van der Waals surface area contributed by atoms with Gasteiger partial charge in [0, 0.05) is 12.3 Å². The van der Waals surface area contributed by atoms with Gasteiger partial charge in [0.1, 0.15) is 11.2 Å². The molecule has 6 nitrogen and oxygen atoms in total. The Balaban J connectivity index is 2.16. The molecule has 0 aliphatic rings.